The number of nitrogens with zero attached hydrogens (tertiary/aromatic N) is 3. The minimum Gasteiger partial charge on any atom is -0.393 e. The van der Waals surface area contributed by atoms with Gasteiger partial charge in [0.05, 0.1) is 18.3 Å². The third kappa shape index (κ3) is 3.81. The summed E-state index contributed by atoms with van der Waals surface area (Å²) in [4.78, 5) is 17.2. The highest BCUT2D eigenvalue weighted by Gasteiger charge is 2.43. The summed E-state index contributed by atoms with van der Waals surface area (Å²) in [5, 5.41) is 13.7. The van der Waals surface area contributed by atoms with Crippen LogP contribution in [0.2, 0.25) is 0 Å². The van der Waals surface area contributed by atoms with Crippen molar-refractivity contribution in [3.05, 3.63) is 17.5 Å². The highest BCUT2D eigenvalue weighted by Crippen LogP contribution is 2.42. The summed E-state index contributed by atoms with van der Waals surface area (Å²) in [7, 11) is 0. The monoisotopic (exact) mass is 361 g/mol. The molecule has 1 aromatic rings. The molecule has 144 valence electrons. The quantitative estimate of drug-likeness (QED) is 0.896. The number of hydrogen-bond acceptors (Lipinski definition) is 5. The Morgan fingerprint density at radius 3 is 2.62 bits per heavy atom. The lowest BCUT2D eigenvalue weighted by molar-refractivity contribution is -0.144. The molecule has 1 spiro atoms. The molecule has 26 heavy (non-hydrogen) atoms. The van der Waals surface area contributed by atoms with Crippen molar-refractivity contribution < 1.29 is 14.4 Å². The van der Waals surface area contributed by atoms with E-state index in [1.54, 1.807) is 0 Å². The van der Waals surface area contributed by atoms with Crippen LogP contribution in [0.25, 0.3) is 0 Å². The van der Waals surface area contributed by atoms with Crippen molar-refractivity contribution in [2.75, 3.05) is 19.6 Å². The Labute approximate surface area is 155 Å². The Morgan fingerprint density at radius 1 is 1.23 bits per heavy atom. The minimum absolute atomic E-state index is 0.164. The van der Waals surface area contributed by atoms with Gasteiger partial charge < -0.3 is 14.5 Å². The highest BCUT2D eigenvalue weighted by atomic mass is 16.5. The molecule has 3 heterocycles. The van der Waals surface area contributed by atoms with E-state index in [2.05, 4.69) is 15.0 Å². The van der Waals surface area contributed by atoms with E-state index in [-0.39, 0.29) is 11.5 Å². The van der Waals surface area contributed by atoms with Gasteiger partial charge in [0.15, 0.2) is 5.76 Å². The number of likely N-dealkylation sites (tertiary alicyclic amines) is 2. The summed E-state index contributed by atoms with van der Waals surface area (Å²) >= 11 is 0. The van der Waals surface area contributed by atoms with Gasteiger partial charge in [-0.05, 0) is 70.4 Å². The summed E-state index contributed by atoms with van der Waals surface area (Å²) in [6, 6.07) is 2.36. The molecule has 1 amide bonds. The number of piperidine rings is 2. The topological polar surface area (TPSA) is 69.8 Å². The second kappa shape index (κ2) is 7.31. The minimum atomic E-state index is -0.164. The van der Waals surface area contributed by atoms with Gasteiger partial charge >= 0.3 is 0 Å². The first-order valence-corrected chi connectivity index (χ1v) is 10.2. The van der Waals surface area contributed by atoms with Gasteiger partial charge in [-0.2, -0.15) is 0 Å². The summed E-state index contributed by atoms with van der Waals surface area (Å²) in [5.41, 5.74) is 1.23. The number of rotatable bonds is 3. The van der Waals surface area contributed by atoms with Crippen LogP contribution in [-0.4, -0.2) is 57.8 Å². The first-order valence-electron chi connectivity index (χ1n) is 10.2. The third-order valence-corrected chi connectivity index (χ3v) is 6.78. The number of hydrogen-bond donors (Lipinski definition) is 1. The second-order valence-corrected chi connectivity index (χ2v) is 8.69. The van der Waals surface area contributed by atoms with Gasteiger partial charge in [0.25, 0.3) is 0 Å². The molecule has 3 fully saturated rings. The van der Waals surface area contributed by atoms with Crippen LogP contribution in [0.1, 0.15) is 62.8 Å². The molecule has 3 aliphatic rings. The molecule has 6 heteroatoms. The fraction of sp³-hybridized carbons (Fsp3) is 0.800. The van der Waals surface area contributed by atoms with E-state index in [0.717, 1.165) is 82.6 Å². The standard InChI is InChI=1S/C20H31N3O3/c1-15-12-18(26-21-15)13-22-10-8-20(9-11-22)7-6-19(25)23(14-20)16-2-4-17(24)5-3-16/h12,16-17,24H,2-11,13-14H2,1H3. The molecule has 2 saturated heterocycles. The normalized spacial score (nSPS) is 30.1. The van der Waals surface area contributed by atoms with Gasteiger partial charge in [-0.25, -0.2) is 0 Å². The van der Waals surface area contributed by atoms with Crippen molar-refractivity contribution in [2.24, 2.45) is 5.41 Å². The third-order valence-electron chi connectivity index (χ3n) is 6.78. The Hall–Kier alpha value is -1.40. The lowest BCUT2D eigenvalue weighted by Crippen LogP contribution is -2.55. The molecular weight excluding hydrogens is 330 g/mol. The second-order valence-electron chi connectivity index (χ2n) is 8.69. The molecule has 1 aliphatic carbocycles. The van der Waals surface area contributed by atoms with Crippen molar-refractivity contribution in [3.63, 3.8) is 0 Å². The van der Waals surface area contributed by atoms with Crippen molar-refractivity contribution in [2.45, 2.75) is 77.0 Å². The molecule has 1 N–H and O–H groups in total. The summed E-state index contributed by atoms with van der Waals surface area (Å²) in [6.07, 6.45) is 7.46. The molecule has 0 aromatic carbocycles. The summed E-state index contributed by atoms with van der Waals surface area (Å²) in [5.74, 6) is 1.27. The molecule has 1 aromatic heterocycles. The zero-order valence-electron chi connectivity index (χ0n) is 15.8. The summed E-state index contributed by atoms with van der Waals surface area (Å²) < 4.78 is 5.36. The van der Waals surface area contributed by atoms with Crippen LogP contribution in [0.3, 0.4) is 0 Å². The van der Waals surface area contributed by atoms with E-state index in [4.69, 9.17) is 4.52 Å². The van der Waals surface area contributed by atoms with E-state index >= 15 is 0 Å². The smallest absolute Gasteiger partial charge is 0.222 e. The van der Waals surface area contributed by atoms with Crippen LogP contribution in [0, 0.1) is 12.3 Å². The zero-order valence-corrected chi connectivity index (χ0v) is 15.8. The Morgan fingerprint density at radius 2 is 1.96 bits per heavy atom. The number of aliphatic hydroxyl groups excluding tert-OH is 1. The van der Waals surface area contributed by atoms with E-state index in [9.17, 15) is 9.90 Å². The van der Waals surface area contributed by atoms with Gasteiger partial charge in [0, 0.05) is 25.1 Å². The lowest BCUT2D eigenvalue weighted by Gasteiger charge is -2.50. The number of aromatic nitrogens is 1. The molecule has 4 rings (SSSR count). The molecule has 0 bridgehead atoms. The Balaban J connectivity index is 1.34. The van der Waals surface area contributed by atoms with Crippen LogP contribution in [0.15, 0.2) is 10.6 Å². The highest BCUT2D eigenvalue weighted by molar-refractivity contribution is 5.77. The molecule has 1 saturated carbocycles. The van der Waals surface area contributed by atoms with E-state index in [0.29, 0.717) is 18.4 Å². The van der Waals surface area contributed by atoms with E-state index in [1.807, 2.05) is 13.0 Å². The van der Waals surface area contributed by atoms with E-state index in [1.165, 1.54) is 0 Å². The fourth-order valence-electron chi connectivity index (χ4n) is 5.05. The zero-order chi connectivity index (χ0) is 18.1. The van der Waals surface area contributed by atoms with Gasteiger partial charge in [0.1, 0.15) is 0 Å². The fourth-order valence-corrected chi connectivity index (χ4v) is 5.05. The van der Waals surface area contributed by atoms with Crippen LogP contribution < -0.4 is 0 Å². The van der Waals surface area contributed by atoms with Crippen molar-refractivity contribution in [3.8, 4) is 0 Å². The number of amides is 1. The van der Waals surface area contributed by atoms with Gasteiger partial charge in [0.2, 0.25) is 5.91 Å². The number of carbonyl (C=O) groups is 1. The van der Waals surface area contributed by atoms with Gasteiger partial charge in [-0.15, -0.1) is 0 Å². The van der Waals surface area contributed by atoms with Crippen LogP contribution in [-0.2, 0) is 11.3 Å². The van der Waals surface area contributed by atoms with Gasteiger partial charge in [-0.1, -0.05) is 5.16 Å². The van der Waals surface area contributed by atoms with Crippen molar-refractivity contribution in [1.82, 2.24) is 15.0 Å². The SMILES string of the molecule is Cc1cc(CN2CCC3(CCC(=O)N(C4CCC(O)CC4)C3)CC2)on1. The molecular formula is C20H31N3O3. The average molecular weight is 361 g/mol. The Bertz CT molecular complexity index is 628. The molecule has 2 aliphatic heterocycles. The van der Waals surface area contributed by atoms with Crippen LogP contribution >= 0.6 is 0 Å². The average Bonchev–Trinajstić information content (AvgIpc) is 3.05. The lowest BCUT2D eigenvalue weighted by atomic mass is 9.71. The predicted molar refractivity (Wildman–Crippen MR) is 97.4 cm³/mol. The maximum Gasteiger partial charge on any atom is 0.222 e. The first kappa shape index (κ1) is 18.0. The number of carbonyl (C=O) groups excluding carboxylic acids is 1. The maximum absolute atomic E-state index is 12.5. The maximum atomic E-state index is 12.5. The van der Waals surface area contributed by atoms with Crippen LogP contribution in [0.5, 0.6) is 0 Å². The van der Waals surface area contributed by atoms with Crippen LogP contribution in [0.4, 0.5) is 0 Å². The molecule has 0 radical (unpaired) electrons. The van der Waals surface area contributed by atoms with Gasteiger partial charge in [-0.3, -0.25) is 9.69 Å². The molecule has 0 atom stereocenters. The largest absolute Gasteiger partial charge is 0.393 e. The van der Waals surface area contributed by atoms with Crippen molar-refractivity contribution >= 4 is 5.91 Å². The first-order chi connectivity index (χ1) is 12.5. The number of aryl methyl sites for hydroxylation is 1. The predicted octanol–water partition coefficient (Wildman–Crippen LogP) is 2.49. The summed E-state index contributed by atoms with van der Waals surface area (Å²) in [6.45, 7) is 5.83. The number of aliphatic hydroxyl groups is 1. The van der Waals surface area contributed by atoms with Crippen molar-refractivity contribution in [1.29, 1.82) is 0 Å². The van der Waals surface area contributed by atoms with E-state index < -0.39 is 0 Å². The molecule has 6 nitrogen and oxygen atoms in total. The molecule has 0 unspecified atom stereocenters. The Kier molecular flexibility index (Phi) is 5.06.